The van der Waals surface area contributed by atoms with Crippen LogP contribution in [0.4, 0.5) is 0 Å². The van der Waals surface area contributed by atoms with Crippen LogP contribution < -0.4 is 0 Å². The van der Waals surface area contributed by atoms with Gasteiger partial charge in [-0.1, -0.05) is 35.9 Å². The van der Waals surface area contributed by atoms with Gasteiger partial charge < -0.3 is 0 Å². The number of nitrogens with zero attached hydrogens (tertiary/aromatic N) is 1. The second kappa shape index (κ2) is 5.23. The second-order valence-electron chi connectivity index (χ2n) is 4.40. The van der Waals surface area contributed by atoms with Crippen LogP contribution in [0.15, 0.2) is 39.6 Å². The number of hydrogen-bond acceptors (Lipinski definition) is 3. The number of aromatic nitrogens is 1. The van der Waals surface area contributed by atoms with Gasteiger partial charge in [-0.05, 0) is 43.2 Å². The fourth-order valence-corrected chi connectivity index (χ4v) is 4.12. The smallest absolute Gasteiger partial charge is 0.155 e. The Morgan fingerprint density at radius 3 is 2.76 bits per heavy atom. The van der Waals surface area contributed by atoms with Crippen molar-refractivity contribution in [3.8, 4) is 0 Å². The van der Waals surface area contributed by atoms with Crippen LogP contribution in [0, 0.1) is 0 Å². The third kappa shape index (κ3) is 2.72. The lowest BCUT2D eigenvalue weighted by atomic mass is 9.96. The van der Waals surface area contributed by atoms with Crippen molar-refractivity contribution in [3.05, 3.63) is 35.2 Å². The normalized spacial score (nSPS) is 16.4. The first-order valence-electron chi connectivity index (χ1n) is 6.12. The minimum Gasteiger partial charge on any atom is -0.229 e. The third-order valence-electron chi connectivity index (χ3n) is 3.10. The number of thioether (sulfide) groups is 1. The van der Waals surface area contributed by atoms with E-state index in [1.165, 1.54) is 41.1 Å². The Kier molecular flexibility index (Phi) is 3.48. The van der Waals surface area contributed by atoms with Crippen molar-refractivity contribution < 1.29 is 0 Å². The van der Waals surface area contributed by atoms with Crippen molar-refractivity contribution in [3.63, 3.8) is 0 Å². The lowest BCUT2D eigenvalue weighted by Crippen LogP contribution is -1.92. The van der Waals surface area contributed by atoms with Crippen LogP contribution in [0.25, 0.3) is 10.2 Å². The molecule has 17 heavy (non-hydrogen) atoms. The number of para-hydroxylation sites is 1. The van der Waals surface area contributed by atoms with Crippen molar-refractivity contribution >= 4 is 33.3 Å². The van der Waals surface area contributed by atoms with Gasteiger partial charge in [-0.2, -0.15) is 0 Å². The number of rotatable bonds is 2. The molecule has 0 aliphatic heterocycles. The predicted molar refractivity (Wildman–Crippen MR) is 76.6 cm³/mol. The number of fused-ring (bicyclic) bond motifs is 1. The Hall–Kier alpha value is -0.800. The van der Waals surface area contributed by atoms with Crippen LogP contribution in [0.2, 0.25) is 0 Å². The molecule has 1 heterocycles. The van der Waals surface area contributed by atoms with Gasteiger partial charge >= 0.3 is 0 Å². The SMILES string of the molecule is C(Sc1nc2ccccc2s1)=C1CCCCC1. The maximum atomic E-state index is 4.63. The van der Waals surface area contributed by atoms with Crippen LogP contribution in [0.1, 0.15) is 32.1 Å². The minimum absolute atomic E-state index is 1.13. The molecule has 0 atom stereocenters. The summed E-state index contributed by atoms with van der Waals surface area (Å²) in [5.41, 5.74) is 2.74. The molecule has 0 amide bonds. The van der Waals surface area contributed by atoms with E-state index >= 15 is 0 Å². The Labute approximate surface area is 110 Å². The first kappa shape index (κ1) is 11.3. The van der Waals surface area contributed by atoms with Gasteiger partial charge in [-0.25, -0.2) is 4.98 Å². The highest BCUT2D eigenvalue weighted by Crippen LogP contribution is 2.33. The van der Waals surface area contributed by atoms with E-state index in [4.69, 9.17) is 0 Å². The molecular weight excluding hydrogens is 246 g/mol. The highest BCUT2D eigenvalue weighted by molar-refractivity contribution is 8.03. The molecule has 1 aromatic carbocycles. The summed E-state index contributed by atoms with van der Waals surface area (Å²) in [6.45, 7) is 0. The van der Waals surface area contributed by atoms with Gasteiger partial charge in [0.05, 0.1) is 10.2 Å². The molecule has 2 aromatic rings. The molecule has 0 bridgehead atoms. The molecule has 1 aliphatic carbocycles. The van der Waals surface area contributed by atoms with Gasteiger partial charge in [0.2, 0.25) is 0 Å². The zero-order valence-electron chi connectivity index (χ0n) is 9.69. The molecule has 0 radical (unpaired) electrons. The zero-order valence-corrected chi connectivity index (χ0v) is 11.3. The molecule has 1 fully saturated rings. The number of benzene rings is 1. The summed E-state index contributed by atoms with van der Waals surface area (Å²) >= 11 is 3.59. The first-order valence-corrected chi connectivity index (χ1v) is 7.81. The molecule has 1 aliphatic rings. The molecule has 3 heteroatoms. The molecule has 1 saturated carbocycles. The fraction of sp³-hybridized carbons (Fsp3) is 0.357. The van der Waals surface area contributed by atoms with Crippen LogP contribution in [-0.4, -0.2) is 4.98 Å². The average molecular weight is 261 g/mol. The summed E-state index contributed by atoms with van der Waals surface area (Å²) in [4.78, 5) is 4.63. The standard InChI is InChI=1S/C14H15NS2/c1-2-6-11(7-3-1)10-16-14-15-12-8-4-5-9-13(12)17-14/h4-5,8-10H,1-3,6-7H2. The Balaban J connectivity index is 1.76. The van der Waals surface area contributed by atoms with Gasteiger partial charge in [0.25, 0.3) is 0 Å². The molecule has 88 valence electrons. The van der Waals surface area contributed by atoms with Crippen LogP contribution in [0.5, 0.6) is 0 Å². The predicted octanol–water partition coefficient (Wildman–Crippen LogP) is 5.24. The van der Waals surface area contributed by atoms with Crippen LogP contribution >= 0.6 is 23.1 Å². The van der Waals surface area contributed by atoms with Gasteiger partial charge in [0, 0.05) is 0 Å². The maximum absolute atomic E-state index is 4.63. The van der Waals surface area contributed by atoms with E-state index in [1.807, 2.05) is 0 Å². The fourth-order valence-electron chi connectivity index (χ4n) is 2.16. The average Bonchev–Trinajstić information content (AvgIpc) is 2.80. The van der Waals surface area contributed by atoms with Crippen molar-refractivity contribution in [2.45, 2.75) is 36.4 Å². The molecule has 0 N–H and O–H groups in total. The van der Waals surface area contributed by atoms with Crippen molar-refractivity contribution in [2.75, 3.05) is 0 Å². The Morgan fingerprint density at radius 1 is 1.12 bits per heavy atom. The lowest BCUT2D eigenvalue weighted by Gasteiger charge is -2.12. The third-order valence-corrected chi connectivity index (χ3v) is 5.21. The molecular formula is C14H15NS2. The zero-order chi connectivity index (χ0) is 11.5. The van der Waals surface area contributed by atoms with E-state index in [9.17, 15) is 0 Å². The summed E-state index contributed by atoms with van der Waals surface area (Å²) in [6.07, 6.45) is 6.72. The Bertz CT molecular complexity index is 501. The van der Waals surface area contributed by atoms with Gasteiger partial charge in [0.15, 0.2) is 4.34 Å². The summed E-state index contributed by atoms with van der Waals surface area (Å²) < 4.78 is 2.46. The molecule has 1 aromatic heterocycles. The maximum Gasteiger partial charge on any atom is 0.155 e. The van der Waals surface area contributed by atoms with Gasteiger partial charge in [0.1, 0.15) is 0 Å². The molecule has 0 saturated heterocycles. The lowest BCUT2D eigenvalue weighted by molar-refractivity contribution is 0.600. The Morgan fingerprint density at radius 2 is 1.94 bits per heavy atom. The number of hydrogen-bond donors (Lipinski definition) is 0. The number of thiazole rings is 1. The van der Waals surface area contributed by atoms with E-state index in [0.717, 1.165) is 5.52 Å². The first-order chi connectivity index (χ1) is 8.42. The van der Waals surface area contributed by atoms with E-state index in [-0.39, 0.29) is 0 Å². The van der Waals surface area contributed by atoms with Gasteiger partial charge in [-0.15, -0.1) is 11.3 Å². The van der Waals surface area contributed by atoms with E-state index in [1.54, 1.807) is 28.7 Å². The van der Waals surface area contributed by atoms with Crippen molar-refractivity contribution in [2.24, 2.45) is 0 Å². The van der Waals surface area contributed by atoms with E-state index < -0.39 is 0 Å². The van der Waals surface area contributed by atoms with Crippen LogP contribution in [-0.2, 0) is 0 Å². The van der Waals surface area contributed by atoms with Crippen molar-refractivity contribution in [1.29, 1.82) is 0 Å². The van der Waals surface area contributed by atoms with Crippen molar-refractivity contribution in [1.82, 2.24) is 4.98 Å². The largest absolute Gasteiger partial charge is 0.229 e. The monoisotopic (exact) mass is 261 g/mol. The molecule has 0 spiro atoms. The minimum atomic E-state index is 1.13. The molecule has 0 unspecified atom stereocenters. The molecule has 1 nitrogen and oxygen atoms in total. The summed E-state index contributed by atoms with van der Waals surface area (Å²) in [5, 5.41) is 2.33. The highest BCUT2D eigenvalue weighted by Gasteiger charge is 2.06. The van der Waals surface area contributed by atoms with E-state index in [2.05, 4.69) is 34.7 Å². The van der Waals surface area contributed by atoms with Crippen LogP contribution in [0.3, 0.4) is 0 Å². The topological polar surface area (TPSA) is 12.9 Å². The summed E-state index contributed by atoms with van der Waals surface area (Å²) in [7, 11) is 0. The second-order valence-corrected chi connectivity index (χ2v) is 6.55. The number of allylic oxidation sites excluding steroid dienone is 1. The quantitative estimate of drug-likeness (QED) is 0.686. The van der Waals surface area contributed by atoms with E-state index in [0.29, 0.717) is 0 Å². The molecule has 3 rings (SSSR count). The van der Waals surface area contributed by atoms with Gasteiger partial charge in [-0.3, -0.25) is 0 Å². The highest BCUT2D eigenvalue weighted by atomic mass is 32.2. The summed E-state index contributed by atoms with van der Waals surface area (Å²) in [6, 6.07) is 8.36. The summed E-state index contributed by atoms with van der Waals surface area (Å²) in [5.74, 6) is 0.